The summed E-state index contributed by atoms with van der Waals surface area (Å²) in [7, 11) is 0. The fraction of sp³-hybridized carbons (Fsp3) is 0.500. The first-order chi connectivity index (χ1) is 12.2. The number of hydrogen-bond acceptors (Lipinski definition) is 5. The van der Waals surface area contributed by atoms with Gasteiger partial charge in [-0.2, -0.15) is 0 Å². The van der Waals surface area contributed by atoms with Crippen molar-refractivity contribution in [3.63, 3.8) is 0 Å². The molecule has 0 spiro atoms. The zero-order chi connectivity index (χ0) is 17.5. The molecule has 136 valence electrons. The van der Waals surface area contributed by atoms with E-state index in [0.29, 0.717) is 13.2 Å². The van der Waals surface area contributed by atoms with Crippen LogP contribution < -0.4 is 0 Å². The third-order valence-corrected chi connectivity index (χ3v) is 4.41. The lowest BCUT2D eigenvalue weighted by Gasteiger charge is -2.25. The van der Waals surface area contributed by atoms with Gasteiger partial charge in [0.2, 0.25) is 0 Å². The summed E-state index contributed by atoms with van der Waals surface area (Å²) in [4.78, 5) is 0. The second-order valence-corrected chi connectivity index (χ2v) is 6.46. The van der Waals surface area contributed by atoms with Gasteiger partial charge in [-0.05, 0) is 41.7 Å². The van der Waals surface area contributed by atoms with Gasteiger partial charge in [-0.15, -0.1) is 0 Å². The molecule has 0 aromatic heterocycles. The van der Waals surface area contributed by atoms with Crippen LogP contribution in [0.25, 0.3) is 10.8 Å². The third kappa shape index (κ3) is 5.49. The Balaban J connectivity index is 1.39. The van der Waals surface area contributed by atoms with Crippen LogP contribution in [-0.4, -0.2) is 48.5 Å². The Hall–Kier alpha value is -1.50. The summed E-state index contributed by atoms with van der Waals surface area (Å²) in [6, 6.07) is 14.3. The fourth-order valence-electron chi connectivity index (χ4n) is 2.90. The van der Waals surface area contributed by atoms with Gasteiger partial charge in [0, 0.05) is 6.61 Å². The van der Waals surface area contributed by atoms with Crippen molar-refractivity contribution < 1.29 is 24.4 Å². The van der Waals surface area contributed by atoms with Crippen molar-refractivity contribution in [1.82, 2.24) is 0 Å². The molecule has 0 amide bonds. The maximum atomic E-state index is 10.0. The predicted molar refractivity (Wildman–Crippen MR) is 95.2 cm³/mol. The molecule has 1 saturated heterocycles. The van der Waals surface area contributed by atoms with Gasteiger partial charge in [0.1, 0.15) is 12.2 Å². The normalized spacial score (nSPS) is 20.5. The Labute approximate surface area is 148 Å². The molecule has 0 aliphatic carbocycles. The minimum atomic E-state index is -0.984. The first-order valence-corrected chi connectivity index (χ1v) is 8.87. The summed E-state index contributed by atoms with van der Waals surface area (Å²) in [5, 5.41) is 22.3. The molecule has 2 aromatic rings. The molecule has 2 N–H and O–H groups in total. The molecule has 0 saturated carbocycles. The van der Waals surface area contributed by atoms with Crippen LogP contribution in [-0.2, 0) is 20.8 Å². The quantitative estimate of drug-likeness (QED) is 0.769. The molecule has 0 radical (unpaired) electrons. The molecule has 2 aromatic carbocycles. The van der Waals surface area contributed by atoms with Crippen molar-refractivity contribution in [3.8, 4) is 0 Å². The lowest BCUT2D eigenvalue weighted by atomic mass is 10.1. The highest BCUT2D eigenvalue weighted by atomic mass is 16.7. The summed E-state index contributed by atoms with van der Waals surface area (Å²) < 4.78 is 16.5. The summed E-state index contributed by atoms with van der Waals surface area (Å²) in [6.45, 7) is 1.19. The minimum absolute atomic E-state index is 0.0468. The number of hydrogen-bond donors (Lipinski definition) is 2. The summed E-state index contributed by atoms with van der Waals surface area (Å²) in [5.74, 6) is 0. The molecule has 5 heteroatoms. The standard InChI is InChI=1S/C20H26O5/c21-18(19(22)14-25-20-7-3-4-10-24-20)13-23-12-15-8-9-16-5-1-2-6-17(16)11-15/h1-2,5-6,8-9,11,18-22H,3-4,7,10,12-14H2/t18-,19+,20?/m0/s1. The molecule has 3 rings (SSSR count). The van der Waals surface area contributed by atoms with Gasteiger partial charge < -0.3 is 24.4 Å². The van der Waals surface area contributed by atoms with Crippen molar-refractivity contribution in [2.24, 2.45) is 0 Å². The first kappa shape index (κ1) is 18.3. The fourth-order valence-corrected chi connectivity index (χ4v) is 2.90. The van der Waals surface area contributed by atoms with E-state index in [2.05, 4.69) is 24.3 Å². The van der Waals surface area contributed by atoms with E-state index in [4.69, 9.17) is 14.2 Å². The highest BCUT2D eigenvalue weighted by Gasteiger charge is 2.20. The van der Waals surface area contributed by atoms with Crippen LogP contribution in [0.1, 0.15) is 24.8 Å². The highest BCUT2D eigenvalue weighted by molar-refractivity contribution is 5.82. The molecule has 1 unspecified atom stereocenters. The zero-order valence-electron chi connectivity index (χ0n) is 14.3. The predicted octanol–water partition coefficient (Wildman–Crippen LogP) is 2.62. The molecular formula is C20H26O5. The van der Waals surface area contributed by atoms with E-state index in [1.54, 1.807) is 0 Å². The smallest absolute Gasteiger partial charge is 0.157 e. The maximum absolute atomic E-state index is 10.0. The third-order valence-electron chi connectivity index (χ3n) is 4.41. The average Bonchev–Trinajstić information content (AvgIpc) is 2.66. The summed E-state index contributed by atoms with van der Waals surface area (Å²) in [6.07, 6.45) is 0.716. The number of aliphatic hydroxyl groups excluding tert-OH is 2. The van der Waals surface area contributed by atoms with E-state index in [0.717, 1.165) is 30.2 Å². The van der Waals surface area contributed by atoms with E-state index in [-0.39, 0.29) is 19.5 Å². The van der Waals surface area contributed by atoms with Gasteiger partial charge in [-0.1, -0.05) is 36.4 Å². The van der Waals surface area contributed by atoms with Gasteiger partial charge in [-0.25, -0.2) is 0 Å². The second-order valence-electron chi connectivity index (χ2n) is 6.46. The summed E-state index contributed by atoms with van der Waals surface area (Å²) in [5.41, 5.74) is 1.03. The molecule has 1 fully saturated rings. The van der Waals surface area contributed by atoms with Crippen LogP contribution in [0, 0.1) is 0 Å². The Bertz CT molecular complexity index is 653. The average molecular weight is 346 g/mol. The molecule has 1 heterocycles. The zero-order valence-corrected chi connectivity index (χ0v) is 14.3. The topological polar surface area (TPSA) is 68.2 Å². The van der Waals surface area contributed by atoms with Gasteiger partial charge in [0.25, 0.3) is 0 Å². The lowest BCUT2D eigenvalue weighted by molar-refractivity contribution is -0.185. The van der Waals surface area contributed by atoms with Crippen LogP contribution >= 0.6 is 0 Å². The Morgan fingerprint density at radius 1 is 1.00 bits per heavy atom. The second kappa shape index (κ2) is 9.27. The number of aliphatic hydroxyl groups is 2. The van der Waals surface area contributed by atoms with E-state index in [1.165, 1.54) is 5.39 Å². The SMILES string of the molecule is O[C@H](COC1CCCCO1)[C@@H](O)COCc1ccc2ccccc2c1. The van der Waals surface area contributed by atoms with Crippen molar-refractivity contribution in [3.05, 3.63) is 48.0 Å². The molecule has 1 aliphatic heterocycles. The highest BCUT2D eigenvalue weighted by Crippen LogP contribution is 2.17. The van der Waals surface area contributed by atoms with E-state index < -0.39 is 12.2 Å². The van der Waals surface area contributed by atoms with Crippen molar-refractivity contribution >= 4 is 10.8 Å². The van der Waals surface area contributed by atoms with E-state index in [1.807, 2.05) is 18.2 Å². The molecular weight excluding hydrogens is 320 g/mol. The van der Waals surface area contributed by atoms with Crippen LogP contribution in [0.2, 0.25) is 0 Å². The Kier molecular flexibility index (Phi) is 6.78. The number of rotatable bonds is 8. The maximum Gasteiger partial charge on any atom is 0.157 e. The first-order valence-electron chi connectivity index (χ1n) is 8.87. The molecule has 25 heavy (non-hydrogen) atoms. The number of fused-ring (bicyclic) bond motifs is 1. The van der Waals surface area contributed by atoms with Crippen molar-refractivity contribution in [1.29, 1.82) is 0 Å². The van der Waals surface area contributed by atoms with Crippen molar-refractivity contribution in [2.45, 2.75) is 44.4 Å². The largest absolute Gasteiger partial charge is 0.388 e. The van der Waals surface area contributed by atoms with Gasteiger partial charge in [0.05, 0.1) is 19.8 Å². The Morgan fingerprint density at radius 3 is 2.60 bits per heavy atom. The lowest BCUT2D eigenvalue weighted by Crippen LogP contribution is -2.36. The van der Waals surface area contributed by atoms with Gasteiger partial charge >= 0.3 is 0 Å². The molecule has 5 nitrogen and oxygen atoms in total. The monoisotopic (exact) mass is 346 g/mol. The minimum Gasteiger partial charge on any atom is -0.388 e. The molecule has 1 aliphatic rings. The van der Waals surface area contributed by atoms with Crippen LogP contribution in [0.15, 0.2) is 42.5 Å². The Morgan fingerprint density at radius 2 is 1.80 bits per heavy atom. The molecule has 0 bridgehead atoms. The van der Waals surface area contributed by atoms with E-state index in [9.17, 15) is 10.2 Å². The van der Waals surface area contributed by atoms with Crippen molar-refractivity contribution in [2.75, 3.05) is 19.8 Å². The molecule has 3 atom stereocenters. The van der Waals surface area contributed by atoms with E-state index >= 15 is 0 Å². The summed E-state index contributed by atoms with van der Waals surface area (Å²) >= 11 is 0. The number of benzene rings is 2. The van der Waals surface area contributed by atoms with Crippen LogP contribution in [0.5, 0.6) is 0 Å². The number of ether oxygens (including phenoxy) is 3. The van der Waals surface area contributed by atoms with Gasteiger partial charge in [-0.3, -0.25) is 0 Å². The van der Waals surface area contributed by atoms with Gasteiger partial charge in [0.15, 0.2) is 6.29 Å². The van der Waals surface area contributed by atoms with Crippen LogP contribution in [0.3, 0.4) is 0 Å². The van der Waals surface area contributed by atoms with Crippen LogP contribution in [0.4, 0.5) is 0 Å².